The summed E-state index contributed by atoms with van der Waals surface area (Å²) in [5, 5.41) is 7.32. The predicted octanol–water partition coefficient (Wildman–Crippen LogP) is 3.88. The van der Waals surface area contributed by atoms with Crippen LogP contribution in [0.4, 0.5) is 9.52 Å². The van der Waals surface area contributed by atoms with Crippen LogP contribution >= 0.6 is 11.3 Å². The summed E-state index contributed by atoms with van der Waals surface area (Å²) in [6.07, 6.45) is 1.54. The maximum atomic E-state index is 13.8. The Labute approximate surface area is 151 Å². The summed E-state index contributed by atoms with van der Waals surface area (Å²) >= 11 is 1.34. The number of para-hydroxylation sites is 1. The Balaban J connectivity index is 1.56. The van der Waals surface area contributed by atoms with Crippen LogP contribution in [0.2, 0.25) is 0 Å². The van der Waals surface area contributed by atoms with Gasteiger partial charge in [0.05, 0.1) is 17.3 Å². The van der Waals surface area contributed by atoms with Crippen LogP contribution in [0.3, 0.4) is 0 Å². The highest BCUT2D eigenvalue weighted by Gasteiger charge is 2.14. The SMILES string of the molecule is COc1ccc2nc(NC(=O)c3ccn(-c4ccccc4F)n3)sc2c1. The van der Waals surface area contributed by atoms with Crippen LogP contribution in [-0.2, 0) is 0 Å². The lowest BCUT2D eigenvalue weighted by Gasteiger charge is -2.02. The number of anilines is 1. The van der Waals surface area contributed by atoms with E-state index in [1.807, 2.05) is 18.2 Å². The number of carbonyl (C=O) groups is 1. The molecule has 4 aromatic rings. The lowest BCUT2D eigenvalue weighted by atomic mass is 10.3. The fraction of sp³-hybridized carbons (Fsp3) is 0.0556. The molecule has 0 spiro atoms. The van der Waals surface area contributed by atoms with Crippen molar-refractivity contribution in [1.29, 1.82) is 0 Å². The number of thiazole rings is 1. The normalized spacial score (nSPS) is 10.8. The number of fused-ring (bicyclic) bond motifs is 1. The molecule has 0 saturated heterocycles. The Bertz CT molecular complexity index is 1110. The molecule has 1 amide bonds. The highest BCUT2D eigenvalue weighted by atomic mass is 32.1. The minimum absolute atomic E-state index is 0.171. The molecule has 0 saturated carbocycles. The minimum atomic E-state index is -0.414. The summed E-state index contributed by atoms with van der Waals surface area (Å²) in [7, 11) is 1.59. The van der Waals surface area contributed by atoms with E-state index < -0.39 is 11.7 Å². The van der Waals surface area contributed by atoms with Gasteiger partial charge in [0.15, 0.2) is 10.8 Å². The van der Waals surface area contributed by atoms with Gasteiger partial charge in [-0.3, -0.25) is 10.1 Å². The van der Waals surface area contributed by atoms with Crippen molar-refractivity contribution in [2.24, 2.45) is 0 Å². The molecule has 0 aliphatic carbocycles. The predicted molar refractivity (Wildman–Crippen MR) is 97.6 cm³/mol. The van der Waals surface area contributed by atoms with E-state index in [0.717, 1.165) is 16.0 Å². The van der Waals surface area contributed by atoms with Crippen LogP contribution in [0.25, 0.3) is 15.9 Å². The van der Waals surface area contributed by atoms with Crippen molar-refractivity contribution in [3.8, 4) is 11.4 Å². The van der Waals surface area contributed by atoms with Crippen LogP contribution in [0, 0.1) is 5.82 Å². The molecule has 2 heterocycles. The Hall–Kier alpha value is -3.26. The third kappa shape index (κ3) is 3.02. The van der Waals surface area contributed by atoms with Gasteiger partial charge >= 0.3 is 0 Å². The topological polar surface area (TPSA) is 69.0 Å². The summed E-state index contributed by atoms with van der Waals surface area (Å²) in [5.41, 5.74) is 1.21. The lowest BCUT2D eigenvalue weighted by molar-refractivity contribution is 0.102. The third-order valence-corrected chi connectivity index (χ3v) is 4.67. The number of aromatic nitrogens is 3. The first-order valence-corrected chi connectivity index (χ1v) is 8.52. The second kappa shape index (κ2) is 6.57. The molecular formula is C18H13FN4O2S. The van der Waals surface area contributed by atoms with E-state index in [1.54, 1.807) is 25.3 Å². The number of nitrogens with zero attached hydrogens (tertiary/aromatic N) is 3. The van der Waals surface area contributed by atoms with Crippen LogP contribution < -0.4 is 10.1 Å². The molecule has 2 aromatic carbocycles. The molecule has 0 fully saturated rings. The number of benzene rings is 2. The van der Waals surface area contributed by atoms with Crippen molar-refractivity contribution in [2.45, 2.75) is 0 Å². The van der Waals surface area contributed by atoms with E-state index in [9.17, 15) is 9.18 Å². The quantitative estimate of drug-likeness (QED) is 0.593. The highest BCUT2D eigenvalue weighted by molar-refractivity contribution is 7.22. The number of hydrogen-bond acceptors (Lipinski definition) is 5. The van der Waals surface area contributed by atoms with Gasteiger partial charge in [-0.05, 0) is 36.4 Å². The van der Waals surface area contributed by atoms with Gasteiger partial charge < -0.3 is 4.74 Å². The summed E-state index contributed by atoms with van der Waals surface area (Å²) in [6.45, 7) is 0. The van der Waals surface area contributed by atoms with Crippen molar-refractivity contribution < 1.29 is 13.9 Å². The lowest BCUT2D eigenvalue weighted by Crippen LogP contribution is -2.13. The molecule has 0 bridgehead atoms. The molecule has 1 N–H and O–H groups in total. The molecule has 0 aliphatic heterocycles. The van der Waals surface area contributed by atoms with Crippen molar-refractivity contribution in [2.75, 3.05) is 12.4 Å². The van der Waals surface area contributed by atoms with Gasteiger partial charge in [-0.25, -0.2) is 14.1 Å². The maximum absolute atomic E-state index is 13.8. The van der Waals surface area contributed by atoms with Crippen LogP contribution in [-0.4, -0.2) is 27.8 Å². The van der Waals surface area contributed by atoms with Gasteiger partial charge in [0.1, 0.15) is 17.3 Å². The fourth-order valence-corrected chi connectivity index (χ4v) is 3.35. The Morgan fingerprint density at radius 3 is 2.88 bits per heavy atom. The zero-order chi connectivity index (χ0) is 18.1. The standard InChI is InChI=1S/C18H13FN4O2S/c1-25-11-6-7-13-16(10-11)26-18(20-13)21-17(24)14-8-9-23(22-14)15-5-3-2-4-12(15)19/h2-10H,1H3,(H,20,21,24). The Morgan fingerprint density at radius 2 is 2.08 bits per heavy atom. The molecule has 0 atom stereocenters. The molecule has 4 rings (SSSR count). The first-order chi connectivity index (χ1) is 12.6. The molecule has 0 unspecified atom stereocenters. The molecular weight excluding hydrogens is 355 g/mol. The van der Waals surface area contributed by atoms with Gasteiger partial charge in [-0.2, -0.15) is 5.10 Å². The molecule has 2 aromatic heterocycles. The number of halogens is 1. The molecule has 26 heavy (non-hydrogen) atoms. The number of hydrogen-bond donors (Lipinski definition) is 1. The summed E-state index contributed by atoms with van der Waals surface area (Å²) in [6, 6.07) is 13.2. The van der Waals surface area contributed by atoms with E-state index >= 15 is 0 Å². The summed E-state index contributed by atoms with van der Waals surface area (Å²) in [4.78, 5) is 16.8. The largest absolute Gasteiger partial charge is 0.497 e. The zero-order valence-corrected chi connectivity index (χ0v) is 14.5. The van der Waals surface area contributed by atoms with Crippen molar-refractivity contribution >= 4 is 32.6 Å². The molecule has 130 valence electrons. The molecule has 6 nitrogen and oxygen atoms in total. The number of ether oxygens (including phenoxy) is 1. The van der Waals surface area contributed by atoms with E-state index in [0.29, 0.717) is 5.13 Å². The average Bonchev–Trinajstić information content (AvgIpc) is 3.28. The first-order valence-electron chi connectivity index (χ1n) is 7.70. The second-order valence-corrected chi connectivity index (χ2v) is 6.43. The summed E-state index contributed by atoms with van der Waals surface area (Å²) in [5.74, 6) is -0.101. The first kappa shape index (κ1) is 16.2. The smallest absolute Gasteiger partial charge is 0.277 e. The molecule has 0 aliphatic rings. The highest BCUT2D eigenvalue weighted by Crippen LogP contribution is 2.29. The number of rotatable bonds is 4. The van der Waals surface area contributed by atoms with Crippen LogP contribution in [0.1, 0.15) is 10.5 Å². The Morgan fingerprint density at radius 1 is 1.23 bits per heavy atom. The monoisotopic (exact) mass is 368 g/mol. The fourth-order valence-electron chi connectivity index (χ4n) is 2.46. The van der Waals surface area contributed by atoms with Crippen molar-refractivity contribution in [3.63, 3.8) is 0 Å². The number of methoxy groups -OCH3 is 1. The van der Waals surface area contributed by atoms with Gasteiger partial charge in [0.2, 0.25) is 0 Å². The average molecular weight is 368 g/mol. The summed E-state index contributed by atoms with van der Waals surface area (Å²) < 4.78 is 21.2. The van der Waals surface area contributed by atoms with Gasteiger partial charge in [0.25, 0.3) is 5.91 Å². The van der Waals surface area contributed by atoms with Gasteiger partial charge in [-0.1, -0.05) is 23.5 Å². The number of amides is 1. The molecule has 0 radical (unpaired) electrons. The molecule has 8 heteroatoms. The van der Waals surface area contributed by atoms with E-state index in [1.165, 1.54) is 34.3 Å². The maximum Gasteiger partial charge on any atom is 0.277 e. The Kier molecular flexibility index (Phi) is 4.10. The van der Waals surface area contributed by atoms with Crippen molar-refractivity contribution in [1.82, 2.24) is 14.8 Å². The minimum Gasteiger partial charge on any atom is -0.497 e. The second-order valence-electron chi connectivity index (χ2n) is 5.40. The van der Waals surface area contributed by atoms with Crippen LogP contribution in [0.5, 0.6) is 5.75 Å². The van der Waals surface area contributed by atoms with E-state index in [4.69, 9.17) is 4.74 Å². The van der Waals surface area contributed by atoms with Gasteiger partial charge in [0, 0.05) is 6.20 Å². The van der Waals surface area contributed by atoms with Crippen LogP contribution in [0.15, 0.2) is 54.7 Å². The van der Waals surface area contributed by atoms with Crippen molar-refractivity contribution in [3.05, 3.63) is 66.2 Å². The van der Waals surface area contributed by atoms with E-state index in [2.05, 4.69) is 15.4 Å². The van der Waals surface area contributed by atoms with Gasteiger partial charge in [-0.15, -0.1) is 0 Å². The zero-order valence-electron chi connectivity index (χ0n) is 13.6. The number of carbonyl (C=O) groups excluding carboxylic acids is 1. The third-order valence-electron chi connectivity index (χ3n) is 3.74. The number of nitrogens with one attached hydrogen (secondary N) is 1. The van der Waals surface area contributed by atoms with E-state index in [-0.39, 0.29) is 11.4 Å².